The lowest BCUT2D eigenvalue weighted by Gasteiger charge is -2.29. The summed E-state index contributed by atoms with van der Waals surface area (Å²) in [6.45, 7) is 0.395. The fourth-order valence-corrected chi connectivity index (χ4v) is 2.95. The van der Waals surface area contributed by atoms with Gasteiger partial charge in [-0.3, -0.25) is 4.79 Å². The predicted molar refractivity (Wildman–Crippen MR) is 93.4 cm³/mol. The minimum Gasteiger partial charge on any atom is -0.452 e. The first kappa shape index (κ1) is 16.1. The molecule has 1 aliphatic rings. The maximum absolute atomic E-state index is 12.5. The molecule has 1 N–H and O–H groups in total. The maximum atomic E-state index is 12.5. The summed E-state index contributed by atoms with van der Waals surface area (Å²) >= 11 is 0. The van der Waals surface area contributed by atoms with E-state index in [0.29, 0.717) is 17.8 Å². The van der Waals surface area contributed by atoms with E-state index in [0.717, 1.165) is 24.1 Å². The average molecular weight is 324 g/mol. The number of nitrogens with zero attached hydrogens (tertiary/aromatic N) is 1. The SMILES string of the molecule is CNc1ccccc1C(=O)OCC(=O)N1CCCc2ccccc21. The summed E-state index contributed by atoms with van der Waals surface area (Å²) in [5, 5.41) is 2.94. The summed E-state index contributed by atoms with van der Waals surface area (Å²) < 4.78 is 5.23. The van der Waals surface area contributed by atoms with Crippen molar-refractivity contribution in [3.05, 3.63) is 59.7 Å². The molecule has 5 heteroatoms. The highest BCUT2D eigenvalue weighted by Gasteiger charge is 2.23. The number of esters is 1. The molecule has 2 aromatic rings. The van der Waals surface area contributed by atoms with Crippen LogP contribution in [0, 0.1) is 0 Å². The molecular formula is C19H20N2O3. The number of carbonyl (C=O) groups is 2. The van der Waals surface area contributed by atoms with Gasteiger partial charge in [0.2, 0.25) is 0 Å². The number of hydrogen-bond acceptors (Lipinski definition) is 4. The second-order valence-electron chi connectivity index (χ2n) is 5.65. The molecule has 0 spiro atoms. The van der Waals surface area contributed by atoms with Gasteiger partial charge in [0.1, 0.15) is 0 Å². The summed E-state index contributed by atoms with van der Waals surface area (Å²) in [4.78, 5) is 26.4. The van der Waals surface area contributed by atoms with E-state index in [-0.39, 0.29) is 12.5 Å². The number of fused-ring (bicyclic) bond motifs is 1. The lowest BCUT2D eigenvalue weighted by Crippen LogP contribution is -2.38. The number of nitrogens with one attached hydrogen (secondary N) is 1. The molecule has 0 unspecified atom stereocenters. The standard InChI is InChI=1S/C19H20N2O3/c1-20-16-10-4-3-9-15(16)19(23)24-13-18(22)21-12-6-8-14-7-2-5-11-17(14)21/h2-5,7,9-11,20H,6,8,12-13H2,1H3. The topological polar surface area (TPSA) is 58.6 Å². The first-order valence-electron chi connectivity index (χ1n) is 8.03. The minimum atomic E-state index is -0.501. The highest BCUT2D eigenvalue weighted by Crippen LogP contribution is 2.26. The Labute approximate surface area is 141 Å². The Morgan fingerprint density at radius 2 is 1.88 bits per heavy atom. The number of ether oxygens (including phenoxy) is 1. The van der Waals surface area contributed by atoms with E-state index in [4.69, 9.17) is 4.74 Å². The van der Waals surface area contributed by atoms with Gasteiger partial charge in [0.25, 0.3) is 5.91 Å². The van der Waals surface area contributed by atoms with E-state index in [1.54, 1.807) is 30.1 Å². The van der Waals surface area contributed by atoms with Crippen molar-refractivity contribution in [1.82, 2.24) is 0 Å². The first-order chi connectivity index (χ1) is 11.7. The number of anilines is 2. The molecule has 0 aliphatic carbocycles. The number of hydrogen-bond donors (Lipinski definition) is 1. The molecule has 1 heterocycles. The number of aryl methyl sites for hydroxylation is 1. The number of carbonyl (C=O) groups excluding carboxylic acids is 2. The van der Waals surface area contributed by atoms with Crippen molar-refractivity contribution in [3.8, 4) is 0 Å². The normalized spacial score (nSPS) is 13.1. The third kappa shape index (κ3) is 3.25. The highest BCUT2D eigenvalue weighted by atomic mass is 16.5. The number of para-hydroxylation sites is 2. The number of amides is 1. The number of benzene rings is 2. The van der Waals surface area contributed by atoms with Gasteiger partial charge >= 0.3 is 5.97 Å². The zero-order chi connectivity index (χ0) is 16.9. The molecule has 124 valence electrons. The summed E-state index contributed by atoms with van der Waals surface area (Å²) in [6.07, 6.45) is 1.88. The molecule has 2 aromatic carbocycles. The lowest BCUT2D eigenvalue weighted by molar-refractivity contribution is -0.121. The molecule has 1 aliphatic heterocycles. The monoisotopic (exact) mass is 324 g/mol. The summed E-state index contributed by atoms with van der Waals surface area (Å²) in [6, 6.07) is 14.9. The van der Waals surface area contributed by atoms with E-state index >= 15 is 0 Å². The Morgan fingerprint density at radius 3 is 2.71 bits per heavy atom. The Balaban J connectivity index is 1.67. The van der Waals surface area contributed by atoms with Gasteiger partial charge in [0.15, 0.2) is 6.61 Å². The Morgan fingerprint density at radius 1 is 1.12 bits per heavy atom. The minimum absolute atomic E-state index is 0.197. The zero-order valence-electron chi connectivity index (χ0n) is 13.6. The second kappa shape index (κ2) is 7.17. The van der Waals surface area contributed by atoms with E-state index in [1.807, 2.05) is 30.3 Å². The number of rotatable bonds is 4. The summed E-state index contributed by atoms with van der Waals surface area (Å²) in [5.74, 6) is -0.698. The van der Waals surface area contributed by atoms with Crippen molar-refractivity contribution >= 4 is 23.3 Å². The Kier molecular flexibility index (Phi) is 4.79. The van der Waals surface area contributed by atoms with E-state index in [1.165, 1.54) is 0 Å². The first-order valence-corrected chi connectivity index (χ1v) is 8.03. The molecule has 1 amide bonds. The Hall–Kier alpha value is -2.82. The van der Waals surface area contributed by atoms with Gasteiger partial charge in [-0.2, -0.15) is 0 Å². The smallest absolute Gasteiger partial charge is 0.340 e. The van der Waals surface area contributed by atoms with Crippen LogP contribution in [0.25, 0.3) is 0 Å². The van der Waals surface area contributed by atoms with Crippen LogP contribution in [0.4, 0.5) is 11.4 Å². The predicted octanol–water partition coefficient (Wildman–Crippen LogP) is 2.86. The van der Waals surface area contributed by atoms with Crippen LogP contribution in [0.5, 0.6) is 0 Å². The van der Waals surface area contributed by atoms with Crippen LogP contribution < -0.4 is 10.2 Å². The fraction of sp³-hybridized carbons (Fsp3) is 0.263. The van der Waals surface area contributed by atoms with Crippen molar-refractivity contribution in [1.29, 1.82) is 0 Å². The molecule has 24 heavy (non-hydrogen) atoms. The van der Waals surface area contributed by atoms with Crippen molar-refractivity contribution in [3.63, 3.8) is 0 Å². The fourth-order valence-electron chi connectivity index (χ4n) is 2.95. The third-order valence-electron chi connectivity index (χ3n) is 4.15. The lowest BCUT2D eigenvalue weighted by atomic mass is 10.0. The second-order valence-corrected chi connectivity index (χ2v) is 5.65. The summed E-state index contributed by atoms with van der Waals surface area (Å²) in [5.41, 5.74) is 3.18. The molecule has 0 aromatic heterocycles. The van der Waals surface area contributed by atoms with Gasteiger partial charge in [-0.1, -0.05) is 30.3 Å². The van der Waals surface area contributed by atoms with Gasteiger partial charge < -0.3 is 15.0 Å². The van der Waals surface area contributed by atoms with E-state index in [9.17, 15) is 9.59 Å². The van der Waals surface area contributed by atoms with Gasteiger partial charge in [-0.25, -0.2) is 4.79 Å². The van der Waals surface area contributed by atoms with Crippen molar-refractivity contribution in [2.45, 2.75) is 12.8 Å². The van der Waals surface area contributed by atoms with Gasteiger partial charge in [0, 0.05) is 25.0 Å². The largest absolute Gasteiger partial charge is 0.452 e. The van der Waals surface area contributed by atoms with Gasteiger partial charge in [-0.05, 0) is 36.6 Å². The van der Waals surface area contributed by atoms with Crippen LogP contribution in [-0.2, 0) is 16.0 Å². The van der Waals surface area contributed by atoms with Crippen LogP contribution in [0.15, 0.2) is 48.5 Å². The summed E-state index contributed by atoms with van der Waals surface area (Å²) in [7, 11) is 1.74. The van der Waals surface area contributed by atoms with Crippen LogP contribution in [0.3, 0.4) is 0 Å². The molecule has 5 nitrogen and oxygen atoms in total. The average Bonchev–Trinajstić information content (AvgIpc) is 2.65. The van der Waals surface area contributed by atoms with Crippen LogP contribution >= 0.6 is 0 Å². The molecular weight excluding hydrogens is 304 g/mol. The molecule has 3 rings (SSSR count). The van der Waals surface area contributed by atoms with Gasteiger partial charge in [-0.15, -0.1) is 0 Å². The Bertz CT molecular complexity index is 758. The van der Waals surface area contributed by atoms with E-state index in [2.05, 4.69) is 5.32 Å². The van der Waals surface area contributed by atoms with E-state index < -0.39 is 5.97 Å². The molecule has 0 saturated carbocycles. The molecule has 0 fully saturated rings. The highest BCUT2D eigenvalue weighted by molar-refractivity contribution is 5.99. The van der Waals surface area contributed by atoms with Crippen molar-refractivity contribution in [2.24, 2.45) is 0 Å². The van der Waals surface area contributed by atoms with Crippen LogP contribution in [0.2, 0.25) is 0 Å². The molecule has 0 radical (unpaired) electrons. The molecule has 0 atom stereocenters. The maximum Gasteiger partial charge on any atom is 0.340 e. The quantitative estimate of drug-likeness (QED) is 0.879. The van der Waals surface area contributed by atoms with Crippen LogP contribution in [-0.4, -0.2) is 32.1 Å². The van der Waals surface area contributed by atoms with Crippen LogP contribution in [0.1, 0.15) is 22.3 Å². The third-order valence-corrected chi connectivity index (χ3v) is 4.15. The molecule has 0 saturated heterocycles. The van der Waals surface area contributed by atoms with Crippen molar-refractivity contribution in [2.75, 3.05) is 30.4 Å². The van der Waals surface area contributed by atoms with Gasteiger partial charge in [0.05, 0.1) is 5.56 Å². The van der Waals surface area contributed by atoms with Crippen molar-refractivity contribution < 1.29 is 14.3 Å². The zero-order valence-corrected chi connectivity index (χ0v) is 13.6. The molecule has 0 bridgehead atoms.